The summed E-state index contributed by atoms with van der Waals surface area (Å²) in [7, 11) is 0. The van der Waals surface area contributed by atoms with E-state index >= 15 is 0 Å². The second-order valence-electron chi connectivity index (χ2n) is 4.70. The van der Waals surface area contributed by atoms with E-state index < -0.39 is 29.2 Å². The van der Waals surface area contributed by atoms with Crippen LogP contribution < -0.4 is 5.32 Å². The van der Waals surface area contributed by atoms with Crippen molar-refractivity contribution in [3.8, 4) is 0 Å². The highest BCUT2D eigenvalue weighted by Crippen LogP contribution is 2.18. The first-order valence-corrected chi connectivity index (χ1v) is 6.54. The summed E-state index contributed by atoms with van der Waals surface area (Å²) in [6, 6.07) is 3.11. The molecular weight excluding hydrogens is 282 g/mol. The van der Waals surface area contributed by atoms with E-state index in [-0.39, 0.29) is 19.1 Å². The number of benzene rings is 1. The van der Waals surface area contributed by atoms with Gasteiger partial charge in [-0.15, -0.1) is 0 Å². The molecule has 5 nitrogen and oxygen atoms in total. The summed E-state index contributed by atoms with van der Waals surface area (Å²) in [5, 5.41) is 11.0. The molecule has 116 valence electrons. The lowest BCUT2D eigenvalue weighted by atomic mass is 10.2. The van der Waals surface area contributed by atoms with Crippen molar-refractivity contribution in [3.05, 3.63) is 29.8 Å². The lowest BCUT2D eigenvalue weighted by Crippen LogP contribution is -2.42. The van der Waals surface area contributed by atoms with Crippen molar-refractivity contribution in [2.24, 2.45) is 0 Å². The fraction of sp³-hybridized carbons (Fsp3) is 0.429. The number of aliphatic carboxylic acids is 1. The van der Waals surface area contributed by atoms with Crippen molar-refractivity contribution < 1.29 is 23.5 Å². The highest BCUT2D eigenvalue weighted by Gasteiger charge is 2.20. The maximum atomic E-state index is 13.4. The molecule has 0 spiro atoms. The van der Waals surface area contributed by atoms with Gasteiger partial charge < -0.3 is 10.4 Å². The van der Waals surface area contributed by atoms with Crippen LogP contribution in [0.1, 0.15) is 20.3 Å². The molecule has 0 aliphatic rings. The fourth-order valence-corrected chi connectivity index (χ4v) is 1.78. The molecule has 21 heavy (non-hydrogen) atoms. The number of halogens is 2. The molecule has 0 radical (unpaired) electrons. The number of carbonyl (C=O) groups is 2. The third-order valence-corrected chi connectivity index (χ3v) is 3.13. The number of rotatable bonds is 7. The first kappa shape index (κ1) is 17.0. The predicted molar refractivity (Wildman–Crippen MR) is 73.9 cm³/mol. The molecule has 0 fully saturated rings. The molecule has 1 aromatic rings. The molecule has 0 saturated carbocycles. The highest BCUT2D eigenvalue weighted by molar-refractivity contribution is 5.92. The SMILES string of the molecule is CCC(C)N(CC(=O)O)CC(=O)Nc1c(F)cccc1F. The van der Waals surface area contributed by atoms with Crippen LogP contribution in [0, 0.1) is 11.6 Å². The van der Waals surface area contributed by atoms with Gasteiger partial charge in [-0.3, -0.25) is 14.5 Å². The molecule has 1 rings (SSSR count). The van der Waals surface area contributed by atoms with E-state index in [1.54, 1.807) is 6.92 Å². The van der Waals surface area contributed by atoms with E-state index in [2.05, 4.69) is 5.32 Å². The number of carboxylic acids is 1. The number of carbonyl (C=O) groups excluding carboxylic acids is 1. The van der Waals surface area contributed by atoms with E-state index in [0.29, 0.717) is 6.42 Å². The van der Waals surface area contributed by atoms with Gasteiger partial charge in [0, 0.05) is 6.04 Å². The Morgan fingerprint density at radius 2 is 1.86 bits per heavy atom. The van der Waals surface area contributed by atoms with Gasteiger partial charge in [0.05, 0.1) is 13.1 Å². The molecule has 1 aromatic carbocycles. The van der Waals surface area contributed by atoms with Crippen LogP contribution >= 0.6 is 0 Å². The minimum atomic E-state index is -1.07. The van der Waals surface area contributed by atoms with Crippen molar-refractivity contribution in [2.45, 2.75) is 26.3 Å². The Morgan fingerprint density at radius 1 is 1.29 bits per heavy atom. The Kier molecular flexibility index (Phi) is 6.23. The maximum absolute atomic E-state index is 13.4. The van der Waals surface area contributed by atoms with E-state index in [1.807, 2.05) is 6.92 Å². The van der Waals surface area contributed by atoms with E-state index in [9.17, 15) is 18.4 Å². The summed E-state index contributed by atoms with van der Waals surface area (Å²) in [4.78, 5) is 24.1. The first-order chi connectivity index (χ1) is 9.85. The molecule has 1 atom stereocenters. The monoisotopic (exact) mass is 300 g/mol. The average Bonchev–Trinajstić information content (AvgIpc) is 2.41. The van der Waals surface area contributed by atoms with Crippen LogP contribution in [0.2, 0.25) is 0 Å². The van der Waals surface area contributed by atoms with E-state index in [4.69, 9.17) is 5.11 Å². The van der Waals surface area contributed by atoms with Crippen LogP contribution in [0.3, 0.4) is 0 Å². The van der Waals surface area contributed by atoms with Gasteiger partial charge in [-0.05, 0) is 25.5 Å². The van der Waals surface area contributed by atoms with Crippen molar-refractivity contribution in [1.82, 2.24) is 4.90 Å². The smallest absolute Gasteiger partial charge is 0.317 e. The zero-order valence-corrected chi connectivity index (χ0v) is 11.9. The van der Waals surface area contributed by atoms with Gasteiger partial charge in [-0.2, -0.15) is 0 Å². The summed E-state index contributed by atoms with van der Waals surface area (Å²) in [6.45, 7) is 3.06. The maximum Gasteiger partial charge on any atom is 0.317 e. The standard InChI is InChI=1S/C14H18F2N2O3/c1-3-9(2)18(8-13(20)21)7-12(19)17-14-10(15)5-4-6-11(14)16/h4-6,9H,3,7-8H2,1-2H3,(H,17,19)(H,20,21). The molecule has 1 unspecified atom stereocenters. The Hall–Kier alpha value is -2.02. The third kappa shape index (κ3) is 5.11. The van der Waals surface area contributed by atoms with Crippen LogP contribution in [-0.2, 0) is 9.59 Å². The molecule has 0 aromatic heterocycles. The van der Waals surface area contributed by atoms with Gasteiger partial charge in [0.15, 0.2) is 0 Å². The Morgan fingerprint density at radius 3 is 2.33 bits per heavy atom. The van der Waals surface area contributed by atoms with Crippen molar-refractivity contribution in [1.29, 1.82) is 0 Å². The topological polar surface area (TPSA) is 69.6 Å². The second kappa shape index (κ2) is 7.68. The first-order valence-electron chi connectivity index (χ1n) is 6.54. The molecule has 0 bridgehead atoms. The lowest BCUT2D eigenvalue weighted by molar-refractivity contribution is -0.139. The highest BCUT2D eigenvalue weighted by atomic mass is 19.1. The van der Waals surface area contributed by atoms with E-state index in [0.717, 1.165) is 12.1 Å². The average molecular weight is 300 g/mol. The van der Waals surface area contributed by atoms with E-state index in [1.165, 1.54) is 11.0 Å². The second-order valence-corrected chi connectivity index (χ2v) is 4.70. The number of amides is 1. The summed E-state index contributed by atoms with van der Waals surface area (Å²) < 4.78 is 26.8. The minimum Gasteiger partial charge on any atom is -0.480 e. The molecule has 1 amide bonds. The van der Waals surface area contributed by atoms with Gasteiger partial charge in [-0.25, -0.2) is 8.78 Å². The number of carboxylic acid groups (broad SMARTS) is 1. The Balaban J connectivity index is 2.76. The molecule has 0 saturated heterocycles. The molecule has 7 heteroatoms. The van der Waals surface area contributed by atoms with Crippen LogP contribution in [0.4, 0.5) is 14.5 Å². The number of anilines is 1. The molecule has 0 heterocycles. The van der Waals surface area contributed by atoms with Crippen molar-refractivity contribution >= 4 is 17.6 Å². The number of nitrogens with one attached hydrogen (secondary N) is 1. The van der Waals surface area contributed by atoms with Gasteiger partial charge in [0.2, 0.25) is 5.91 Å². The minimum absolute atomic E-state index is 0.141. The number of nitrogens with zero attached hydrogens (tertiary/aromatic N) is 1. The van der Waals surface area contributed by atoms with Crippen LogP contribution in [0.15, 0.2) is 18.2 Å². The largest absolute Gasteiger partial charge is 0.480 e. The van der Waals surface area contributed by atoms with Gasteiger partial charge >= 0.3 is 5.97 Å². The summed E-state index contributed by atoms with van der Waals surface area (Å²) in [5.74, 6) is -3.49. The van der Waals surface area contributed by atoms with Crippen LogP contribution in [0.5, 0.6) is 0 Å². The zero-order chi connectivity index (χ0) is 16.0. The normalized spacial score (nSPS) is 12.2. The van der Waals surface area contributed by atoms with Crippen LogP contribution in [0.25, 0.3) is 0 Å². The lowest BCUT2D eigenvalue weighted by Gasteiger charge is -2.25. The number of para-hydroxylation sites is 1. The molecule has 0 aliphatic heterocycles. The zero-order valence-electron chi connectivity index (χ0n) is 11.9. The molecule has 0 aliphatic carbocycles. The molecule has 2 N–H and O–H groups in total. The Bertz CT molecular complexity index is 503. The number of hydrogen-bond donors (Lipinski definition) is 2. The van der Waals surface area contributed by atoms with Crippen molar-refractivity contribution in [2.75, 3.05) is 18.4 Å². The summed E-state index contributed by atoms with van der Waals surface area (Å²) in [6.07, 6.45) is 0.647. The third-order valence-electron chi connectivity index (χ3n) is 3.13. The fourth-order valence-electron chi connectivity index (χ4n) is 1.78. The molecular formula is C14H18F2N2O3. The van der Waals surface area contributed by atoms with Crippen molar-refractivity contribution in [3.63, 3.8) is 0 Å². The van der Waals surface area contributed by atoms with Gasteiger partial charge in [-0.1, -0.05) is 13.0 Å². The van der Waals surface area contributed by atoms with Gasteiger partial charge in [0.25, 0.3) is 0 Å². The summed E-state index contributed by atoms with van der Waals surface area (Å²) >= 11 is 0. The predicted octanol–water partition coefficient (Wildman–Crippen LogP) is 2.09. The summed E-state index contributed by atoms with van der Waals surface area (Å²) in [5.41, 5.74) is -0.526. The van der Waals surface area contributed by atoms with Crippen LogP contribution in [-0.4, -0.2) is 41.0 Å². The quantitative estimate of drug-likeness (QED) is 0.809. The number of hydrogen-bond acceptors (Lipinski definition) is 3. The Labute approximate surface area is 121 Å². The van der Waals surface area contributed by atoms with Gasteiger partial charge in [0.1, 0.15) is 17.3 Å².